The van der Waals surface area contributed by atoms with Crippen LogP contribution in [-0.4, -0.2) is 37.2 Å². The maximum Gasteiger partial charge on any atom is 0.218 e. The van der Waals surface area contributed by atoms with E-state index in [1.54, 1.807) is 24.3 Å². The van der Waals surface area contributed by atoms with Gasteiger partial charge in [0.25, 0.3) is 0 Å². The van der Waals surface area contributed by atoms with Gasteiger partial charge in [0.2, 0.25) is 10.0 Å². The molecule has 1 spiro atoms. The Bertz CT molecular complexity index is 1030. The minimum absolute atomic E-state index is 0.0496. The molecule has 28 heavy (non-hydrogen) atoms. The molecule has 0 bridgehead atoms. The van der Waals surface area contributed by atoms with Gasteiger partial charge in [0.1, 0.15) is 17.2 Å². The van der Waals surface area contributed by atoms with Crippen LogP contribution in [0.5, 0.6) is 5.75 Å². The first-order chi connectivity index (χ1) is 13.3. The lowest BCUT2D eigenvalue weighted by atomic mass is 9.83. The Hall–Kier alpha value is -1.96. The fourth-order valence-electron chi connectivity index (χ4n) is 3.83. The summed E-state index contributed by atoms with van der Waals surface area (Å²) >= 11 is 6.20. The number of hydrogen-bond donors (Lipinski definition) is 0. The summed E-state index contributed by atoms with van der Waals surface area (Å²) in [6, 6.07) is 10.9. The average Bonchev–Trinajstić information content (AvgIpc) is 2.65. The number of benzene rings is 2. The van der Waals surface area contributed by atoms with E-state index in [1.165, 1.54) is 22.5 Å². The van der Waals surface area contributed by atoms with Gasteiger partial charge in [0.05, 0.1) is 22.8 Å². The largest absolute Gasteiger partial charge is 0.484 e. The number of piperidine rings is 1. The molecule has 8 heteroatoms. The van der Waals surface area contributed by atoms with Crippen molar-refractivity contribution < 1.29 is 22.3 Å². The van der Waals surface area contributed by atoms with Gasteiger partial charge in [-0.1, -0.05) is 35.9 Å². The topological polar surface area (TPSA) is 63.7 Å². The van der Waals surface area contributed by atoms with Crippen LogP contribution in [0.1, 0.15) is 35.2 Å². The number of sulfonamides is 1. The number of carbonyl (C=O) groups excluding carboxylic acids is 1. The van der Waals surface area contributed by atoms with Crippen LogP contribution in [0.4, 0.5) is 4.39 Å². The number of nitrogens with zero attached hydrogens (tertiary/aromatic N) is 1. The van der Waals surface area contributed by atoms with Crippen molar-refractivity contribution in [2.24, 2.45) is 0 Å². The van der Waals surface area contributed by atoms with Crippen molar-refractivity contribution >= 4 is 27.4 Å². The van der Waals surface area contributed by atoms with Crippen LogP contribution in [-0.2, 0) is 15.8 Å². The third-order valence-corrected chi connectivity index (χ3v) is 7.52. The highest BCUT2D eigenvalue weighted by Crippen LogP contribution is 2.43. The number of ether oxygens (including phenoxy) is 1. The van der Waals surface area contributed by atoms with Crippen LogP contribution < -0.4 is 4.74 Å². The molecule has 2 aromatic rings. The lowest BCUT2D eigenvalue weighted by molar-refractivity contribution is 0.00596. The number of Topliss-reactive ketones (excluding diaryl/α,β-unsaturated/α-hetero) is 1. The van der Waals surface area contributed by atoms with Gasteiger partial charge in [-0.25, -0.2) is 17.1 Å². The van der Waals surface area contributed by atoms with Crippen LogP contribution in [0.3, 0.4) is 0 Å². The Morgan fingerprint density at radius 2 is 1.82 bits per heavy atom. The molecule has 2 aliphatic rings. The van der Waals surface area contributed by atoms with E-state index in [0.717, 1.165) is 0 Å². The predicted molar refractivity (Wildman–Crippen MR) is 104 cm³/mol. The summed E-state index contributed by atoms with van der Waals surface area (Å²) in [5, 5.41) is 0.375. The predicted octanol–water partition coefficient (Wildman–Crippen LogP) is 3.81. The number of fused-ring (bicyclic) bond motifs is 1. The number of halogens is 2. The molecule has 0 unspecified atom stereocenters. The molecule has 5 nitrogen and oxygen atoms in total. The molecule has 2 aromatic carbocycles. The minimum Gasteiger partial charge on any atom is -0.484 e. The van der Waals surface area contributed by atoms with Crippen LogP contribution in [0.15, 0.2) is 42.5 Å². The van der Waals surface area contributed by atoms with Crippen molar-refractivity contribution in [3.8, 4) is 5.75 Å². The highest BCUT2D eigenvalue weighted by molar-refractivity contribution is 7.88. The summed E-state index contributed by atoms with van der Waals surface area (Å²) < 4.78 is 46.8. The van der Waals surface area contributed by atoms with Gasteiger partial charge < -0.3 is 4.74 Å². The molecular weight excluding hydrogens is 405 g/mol. The van der Waals surface area contributed by atoms with Crippen LogP contribution in [0.25, 0.3) is 0 Å². The smallest absolute Gasteiger partial charge is 0.218 e. The van der Waals surface area contributed by atoms with Crippen LogP contribution in [0, 0.1) is 5.82 Å². The van der Waals surface area contributed by atoms with Crippen molar-refractivity contribution in [3.63, 3.8) is 0 Å². The SMILES string of the molecule is O=C1CC2(CCN(S(=O)(=O)Cc3ccccc3F)CC2)Oc2c(Cl)cccc21. The first kappa shape index (κ1) is 19.4. The van der Waals surface area contributed by atoms with E-state index in [2.05, 4.69) is 0 Å². The lowest BCUT2D eigenvalue weighted by Crippen LogP contribution is -2.52. The zero-order valence-electron chi connectivity index (χ0n) is 15.0. The molecule has 0 aromatic heterocycles. The van der Waals surface area contributed by atoms with Crippen molar-refractivity contribution in [2.75, 3.05) is 13.1 Å². The first-order valence-corrected chi connectivity index (χ1v) is 11.0. The molecule has 0 saturated carbocycles. The number of rotatable bonds is 3. The van der Waals surface area contributed by atoms with Gasteiger partial charge in [0, 0.05) is 31.5 Å². The second kappa shape index (κ2) is 7.13. The summed E-state index contributed by atoms with van der Waals surface area (Å²) in [5.74, 6) is -0.595. The number of carbonyl (C=O) groups is 1. The molecular formula is C20H19ClFNO4S. The molecule has 2 heterocycles. The zero-order valence-corrected chi connectivity index (χ0v) is 16.6. The van der Waals surface area contributed by atoms with E-state index in [-0.39, 0.29) is 36.6 Å². The summed E-state index contributed by atoms with van der Waals surface area (Å²) in [4.78, 5) is 12.6. The Balaban J connectivity index is 1.50. The Labute approximate surface area is 168 Å². The molecule has 0 N–H and O–H groups in total. The molecule has 148 valence electrons. The van der Waals surface area contributed by atoms with E-state index >= 15 is 0 Å². The third-order valence-electron chi connectivity index (χ3n) is 5.39. The van der Waals surface area contributed by atoms with Gasteiger partial charge in [-0.15, -0.1) is 0 Å². The molecule has 0 radical (unpaired) electrons. The quantitative estimate of drug-likeness (QED) is 0.753. The normalized spacial score (nSPS) is 19.3. The van der Waals surface area contributed by atoms with Crippen molar-refractivity contribution in [1.82, 2.24) is 4.31 Å². The third kappa shape index (κ3) is 3.54. The highest BCUT2D eigenvalue weighted by Gasteiger charge is 2.45. The number of para-hydroxylation sites is 1. The highest BCUT2D eigenvalue weighted by atomic mass is 35.5. The van der Waals surface area contributed by atoms with Gasteiger partial charge in [-0.05, 0) is 18.2 Å². The molecule has 1 fully saturated rings. The maximum atomic E-state index is 13.8. The summed E-state index contributed by atoms with van der Waals surface area (Å²) in [5.41, 5.74) is -0.139. The van der Waals surface area contributed by atoms with Gasteiger partial charge >= 0.3 is 0 Å². The van der Waals surface area contributed by atoms with E-state index in [0.29, 0.717) is 29.2 Å². The van der Waals surface area contributed by atoms with Crippen LogP contribution in [0.2, 0.25) is 5.02 Å². The van der Waals surface area contributed by atoms with Crippen molar-refractivity contribution in [2.45, 2.75) is 30.6 Å². The monoisotopic (exact) mass is 423 g/mol. The summed E-state index contributed by atoms with van der Waals surface area (Å²) in [6.45, 7) is 0.424. The van der Waals surface area contributed by atoms with E-state index < -0.39 is 21.4 Å². The Morgan fingerprint density at radius 3 is 2.54 bits per heavy atom. The first-order valence-electron chi connectivity index (χ1n) is 9.02. The second-order valence-electron chi connectivity index (χ2n) is 7.25. The lowest BCUT2D eigenvalue weighted by Gasteiger charge is -2.43. The molecule has 4 rings (SSSR count). The van der Waals surface area contributed by atoms with Gasteiger partial charge in [0.15, 0.2) is 5.78 Å². The number of ketones is 1. The minimum atomic E-state index is -3.67. The number of hydrogen-bond acceptors (Lipinski definition) is 4. The van der Waals surface area contributed by atoms with E-state index in [9.17, 15) is 17.6 Å². The molecule has 0 amide bonds. The summed E-state index contributed by atoms with van der Waals surface area (Å²) in [7, 11) is -3.67. The maximum absolute atomic E-state index is 13.8. The molecule has 1 saturated heterocycles. The standard InChI is InChI=1S/C20H19ClFNO4S/c21-16-6-3-5-15-18(24)12-20(27-19(15)16)8-10-23(11-9-20)28(25,26)13-14-4-1-2-7-17(14)22/h1-7H,8-13H2. The zero-order chi connectivity index (χ0) is 19.9. The molecule has 0 atom stereocenters. The van der Waals surface area contributed by atoms with Crippen molar-refractivity contribution in [1.29, 1.82) is 0 Å². The van der Waals surface area contributed by atoms with Crippen LogP contribution >= 0.6 is 11.6 Å². The molecule has 2 aliphatic heterocycles. The van der Waals surface area contributed by atoms with E-state index in [1.807, 2.05) is 0 Å². The average molecular weight is 424 g/mol. The van der Waals surface area contributed by atoms with E-state index in [4.69, 9.17) is 16.3 Å². The second-order valence-corrected chi connectivity index (χ2v) is 9.62. The fraction of sp³-hybridized carbons (Fsp3) is 0.350. The van der Waals surface area contributed by atoms with Crippen molar-refractivity contribution in [3.05, 3.63) is 64.4 Å². The molecule has 0 aliphatic carbocycles. The Morgan fingerprint density at radius 1 is 1.11 bits per heavy atom. The Kier molecular flexibility index (Phi) is 4.93. The summed E-state index contributed by atoms with van der Waals surface area (Å²) in [6.07, 6.45) is 0.946. The fourth-order valence-corrected chi connectivity index (χ4v) is 5.59. The van der Waals surface area contributed by atoms with Gasteiger partial charge in [-0.2, -0.15) is 0 Å². The van der Waals surface area contributed by atoms with Gasteiger partial charge in [-0.3, -0.25) is 4.79 Å².